The Morgan fingerprint density at radius 3 is 2.71 bits per heavy atom. The predicted molar refractivity (Wildman–Crippen MR) is 130 cm³/mol. The molecule has 174 valence electrons. The van der Waals surface area contributed by atoms with Crippen molar-refractivity contribution in [1.82, 2.24) is 9.78 Å². The molecule has 1 unspecified atom stereocenters. The Morgan fingerprint density at radius 1 is 1.12 bits per heavy atom. The van der Waals surface area contributed by atoms with E-state index in [1.54, 1.807) is 13.0 Å². The van der Waals surface area contributed by atoms with Crippen LogP contribution >= 0.6 is 11.6 Å². The summed E-state index contributed by atoms with van der Waals surface area (Å²) in [5.41, 5.74) is 4.34. The van der Waals surface area contributed by atoms with Crippen LogP contribution in [0, 0.1) is 0 Å². The largest absolute Gasteiger partial charge is 0.486 e. The average molecular weight is 479 g/mol. The van der Waals surface area contributed by atoms with Gasteiger partial charge in [0.25, 0.3) is 0 Å². The van der Waals surface area contributed by atoms with Gasteiger partial charge in [0.1, 0.15) is 25.1 Å². The van der Waals surface area contributed by atoms with E-state index < -0.39 is 12.0 Å². The number of aliphatic carboxylic acids is 1. The molecule has 5 rings (SSSR count). The minimum Gasteiger partial charge on any atom is -0.486 e. The SMILES string of the molecule is CC(N=c1ccc2c(Nc3cccc(-c4ccc5c(c4)OCCO5)c3Cl)[nH]n(C)c-2c1)C(=O)O. The van der Waals surface area contributed by atoms with E-state index in [2.05, 4.69) is 15.4 Å². The van der Waals surface area contributed by atoms with Crippen molar-refractivity contribution in [2.45, 2.75) is 13.0 Å². The van der Waals surface area contributed by atoms with Crippen LogP contribution in [0.4, 0.5) is 11.5 Å². The van der Waals surface area contributed by atoms with Gasteiger partial charge in [-0.1, -0.05) is 29.8 Å². The quantitative estimate of drug-likeness (QED) is 0.387. The van der Waals surface area contributed by atoms with Gasteiger partial charge in [-0.3, -0.25) is 14.8 Å². The van der Waals surface area contributed by atoms with Crippen molar-refractivity contribution in [3.05, 3.63) is 65.0 Å². The molecule has 2 aliphatic heterocycles. The van der Waals surface area contributed by atoms with Gasteiger partial charge in [0.2, 0.25) is 0 Å². The highest BCUT2D eigenvalue weighted by Crippen LogP contribution is 2.40. The van der Waals surface area contributed by atoms with Crippen LogP contribution < -0.4 is 20.1 Å². The van der Waals surface area contributed by atoms with Crippen LogP contribution in [-0.4, -0.2) is 40.1 Å². The third-order valence-electron chi connectivity index (χ3n) is 5.70. The molecule has 0 spiro atoms. The monoisotopic (exact) mass is 478 g/mol. The van der Waals surface area contributed by atoms with Gasteiger partial charge in [0.05, 0.1) is 21.8 Å². The Bertz CT molecular complexity index is 1420. The number of carbonyl (C=O) groups is 1. The van der Waals surface area contributed by atoms with Gasteiger partial charge < -0.3 is 19.9 Å². The molecule has 3 aliphatic rings. The zero-order valence-corrected chi connectivity index (χ0v) is 19.4. The molecule has 1 atom stereocenters. The maximum absolute atomic E-state index is 11.1. The maximum Gasteiger partial charge on any atom is 0.328 e. The topological polar surface area (TPSA) is 101 Å². The van der Waals surface area contributed by atoms with E-state index in [9.17, 15) is 4.79 Å². The summed E-state index contributed by atoms with van der Waals surface area (Å²) in [6.45, 7) is 2.61. The summed E-state index contributed by atoms with van der Waals surface area (Å²) in [4.78, 5) is 15.4. The standard InChI is InChI=1S/C25H23ClN4O4/c1-14(25(31)32)27-16-7-8-18-20(13-16)30(2)29-24(18)28-19-5-3-4-17(23(19)26)15-6-9-21-22(12-15)34-11-10-33-21/h3-9,12-14,28-29H,10-11H2,1-2H3,(H,31,32). The van der Waals surface area contributed by atoms with Crippen molar-refractivity contribution in [2.75, 3.05) is 18.5 Å². The molecule has 0 radical (unpaired) electrons. The number of H-pyrrole nitrogens is 1. The van der Waals surface area contributed by atoms with Crippen molar-refractivity contribution in [1.29, 1.82) is 0 Å². The van der Waals surface area contributed by atoms with Gasteiger partial charge in [0.15, 0.2) is 11.5 Å². The molecule has 1 aliphatic carbocycles. The molecular formula is C25H23ClN4O4. The second-order valence-corrected chi connectivity index (χ2v) is 8.42. The molecule has 0 fully saturated rings. The lowest BCUT2D eigenvalue weighted by atomic mass is 10.0. The molecule has 0 bridgehead atoms. The number of nitrogens with zero attached hydrogens (tertiary/aromatic N) is 2. The first-order valence-electron chi connectivity index (χ1n) is 10.8. The lowest BCUT2D eigenvalue weighted by Crippen LogP contribution is -2.17. The number of carboxylic acids is 1. The number of hydrogen-bond acceptors (Lipinski definition) is 5. The number of ether oxygens (including phenoxy) is 2. The molecule has 8 nitrogen and oxygen atoms in total. The van der Waals surface area contributed by atoms with Crippen molar-refractivity contribution >= 4 is 29.1 Å². The molecule has 0 saturated heterocycles. The average Bonchev–Trinajstić information content (AvgIpc) is 3.14. The van der Waals surface area contributed by atoms with Gasteiger partial charge in [-0.2, -0.15) is 0 Å². The molecular weight excluding hydrogens is 456 g/mol. The molecule has 2 aromatic carbocycles. The third-order valence-corrected chi connectivity index (χ3v) is 6.11. The highest BCUT2D eigenvalue weighted by Gasteiger charge is 2.18. The molecule has 2 aromatic rings. The van der Waals surface area contributed by atoms with Gasteiger partial charge in [-0.15, -0.1) is 0 Å². The lowest BCUT2D eigenvalue weighted by Gasteiger charge is -2.19. The summed E-state index contributed by atoms with van der Waals surface area (Å²) < 4.78 is 13.2. The summed E-state index contributed by atoms with van der Waals surface area (Å²) in [6.07, 6.45) is 0. The van der Waals surface area contributed by atoms with E-state index in [1.807, 2.05) is 60.3 Å². The summed E-state index contributed by atoms with van der Waals surface area (Å²) in [5, 5.41) is 17.0. The van der Waals surface area contributed by atoms with Crippen LogP contribution in [0.25, 0.3) is 22.4 Å². The minimum absolute atomic E-state index is 0.521. The van der Waals surface area contributed by atoms with Crippen LogP contribution in [0.5, 0.6) is 11.5 Å². The Balaban J connectivity index is 1.48. The van der Waals surface area contributed by atoms with Gasteiger partial charge >= 0.3 is 5.97 Å². The Labute approximate surface area is 200 Å². The number of aromatic nitrogens is 2. The lowest BCUT2D eigenvalue weighted by molar-refractivity contribution is -0.138. The van der Waals surface area contributed by atoms with E-state index in [4.69, 9.17) is 26.2 Å². The number of aromatic amines is 1. The smallest absolute Gasteiger partial charge is 0.328 e. The molecule has 3 N–H and O–H groups in total. The van der Waals surface area contributed by atoms with E-state index in [1.165, 1.54) is 0 Å². The van der Waals surface area contributed by atoms with Crippen LogP contribution in [0.3, 0.4) is 0 Å². The number of rotatable bonds is 5. The highest BCUT2D eigenvalue weighted by molar-refractivity contribution is 6.36. The van der Waals surface area contributed by atoms with E-state index in [0.29, 0.717) is 29.3 Å². The third kappa shape index (κ3) is 4.08. The van der Waals surface area contributed by atoms with E-state index in [-0.39, 0.29) is 0 Å². The zero-order chi connectivity index (χ0) is 23.8. The molecule has 0 saturated carbocycles. The fraction of sp³-hybridized carbons (Fsp3) is 0.200. The molecule has 0 amide bonds. The minimum atomic E-state index is -0.964. The summed E-state index contributed by atoms with van der Waals surface area (Å²) in [7, 11) is 1.88. The number of nitrogens with one attached hydrogen (secondary N) is 2. The number of aryl methyl sites for hydroxylation is 1. The second-order valence-electron chi connectivity index (χ2n) is 8.04. The van der Waals surface area contributed by atoms with Gasteiger partial charge in [-0.05, 0) is 48.9 Å². The predicted octanol–water partition coefficient (Wildman–Crippen LogP) is 4.67. The van der Waals surface area contributed by atoms with E-state index in [0.717, 1.165) is 39.6 Å². The molecule has 2 heterocycles. The number of hydrogen-bond donors (Lipinski definition) is 3. The molecule has 34 heavy (non-hydrogen) atoms. The van der Waals surface area contributed by atoms with Crippen molar-refractivity contribution in [3.8, 4) is 33.9 Å². The number of halogens is 1. The Morgan fingerprint density at radius 2 is 1.91 bits per heavy atom. The first-order chi connectivity index (χ1) is 16.4. The Kier molecular flexibility index (Phi) is 5.67. The summed E-state index contributed by atoms with van der Waals surface area (Å²) in [6, 6.07) is 16.3. The van der Waals surface area contributed by atoms with Crippen LogP contribution in [-0.2, 0) is 11.8 Å². The normalized spacial score (nSPS) is 14.3. The van der Waals surface area contributed by atoms with Crippen LogP contribution in [0.15, 0.2) is 59.6 Å². The fourth-order valence-corrected chi connectivity index (χ4v) is 4.23. The van der Waals surface area contributed by atoms with Gasteiger partial charge in [-0.25, -0.2) is 4.79 Å². The molecule has 0 aromatic heterocycles. The highest BCUT2D eigenvalue weighted by atomic mass is 35.5. The Hall–Kier alpha value is -3.91. The second kappa shape index (κ2) is 8.79. The summed E-state index contributed by atoms with van der Waals surface area (Å²) >= 11 is 6.82. The van der Waals surface area contributed by atoms with Crippen LogP contribution in [0.1, 0.15) is 6.92 Å². The zero-order valence-electron chi connectivity index (χ0n) is 18.6. The first-order valence-corrected chi connectivity index (χ1v) is 11.2. The number of carboxylic acid groups (broad SMARTS) is 1. The summed E-state index contributed by atoms with van der Waals surface area (Å²) in [5.74, 6) is 1.23. The fourth-order valence-electron chi connectivity index (χ4n) is 3.95. The number of anilines is 2. The maximum atomic E-state index is 11.1. The van der Waals surface area contributed by atoms with Crippen molar-refractivity contribution in [2.24, 2.45) is 12.0 Å². The van der Waals surface area contributed by atoms with Crippen molar-refractivity contribution < 1.29 is 19.4 Å². The number of benzene rings is 3. The number of fused-ring (bicyclic) bond motifs is 2. The van der Waals surface area contributed by atoms with Crippen molar-refractivity contribution in [3.63, 3.8) is 0 Å². The molecule has 9 heteroatoms. The van der Waals surface area contributed by atoms with Crippen LogP contribution in [0.2, 0.25) is 5.02 Å². The van der Waals surface area contributed by atoms with E-state index >= 15 is 0 Å². The first kappa shape index (κ1) is 21.9. The van der Waals surface area contributed by atoms with Gasteiger partial charge in [0, 0.05) is 18.2 Å².